The van der Waals surface area contributed by atoms with Gasteiger partial charge in [-0.3, -0.25) is 19.8 Å². The molecule has 1 rings (SSSR count). The molecule has 4 amide bonds. The number of rotatable bonds is 3. The van der Waals surface area contributed by atoms with Crippen molar-refractivity contribution in [1.29, 1.82) is 0 Å². The quantitative estimate of drug-likeness (QED) is 0.525. The average molecular weight is 196 g/mol. The third-order valence-electron chi connectivity index (χ3n) is 1.86. The van der Waals surface area contributed by atoms with Gasteiger partial charge in [-0.15, -0.1) is 0 Å². The molecule has 0 atom stereocenters. The molecule has 1 saturated heterocycles. The third kappa shape index (κ3) is 2.42. The molecule has 1 N–H and O–H groups in total. The first kappa shape index (κ1) is 10.4. The topological polar surface area (TPSA) is 66.5 Å². The summed E-state index contributed by atoms with van der Waals surface area (Å²) in [5, 5.41) is 2.09. The van der Waals surface area contributed by atoms with Crippen molar-refractivity contribution in [1.82, 2.24) is 10.2 Å². The molecule has 0 aliphatic carbocycles. The van der Waals surface area contributed by atoms with Gasteiger partial charge in [-0.2, -0.15) is 0 Å². The number of allylic oxidation sites excluding steroid dienone is 1. The summed E-state index contributed by atoms with van der Waals surface area (Å²) in [4.78, 5) is 34.2. The molecule has 0 unspecified atom stereocenters. The van der Waals surface area contributed by atoms with E-state index < -0.39 is 17.8 Å². The number of nitrogens with zero attached hydrogens (tertiary/aromatic N) is 1. The van der Waals surface area contributed by atoms with E-state index >= 15 is 0 Å². The van der Waals surface area contributed by atoms with Crippen molar-refractivity contribution in [3.05, 3.63) is 12.2 Å². The lowest BCUT2D eigenvalue weighted by Crippen LogP contribution is -2.52. The Balaban J connectivity index is 2.54. The van der Waals surface area contributed by atoms with Gasteiger partial charge in [-0.05, 0) is 13.3 Å². The zero-order valence-electron chi connectivity index (χ0n) is 7.95. The Kier molecular flexibility index (Phi) is 3.39. The summed E-state index contributed by atoms with van der Waals surface area (Å²) in [7, 11) is 0. The molecule has 5 heteroatoms. The van der Waals surface area contributed by atoms with E-state index in [4.69, 9.17) is 0 Å². The standard InChI is InChI=1S/C9H12N2O3/c1-2-3-4-5-11-8(13)6-7(12)10-9(11)14/h2-3H,4-6H2,1H3,(H,10,12,14)/b3-2+. The summed E-state index contributed by atoms with van der Waals surface area (Å²) < 4.78 is 0. The second-order valence-electron chi connectivity index (χ2n) is 2.93. The van der Waals surface area contributed by atoms with Crippen LogP contribution >= 0.6 is 0 Å². The fourth-order valence-corrected chi connectivity index (χ4v) is 1.17. The molecule has 0 bridgehead atoms. The number of carbonyl (C=O) groups is 3. The van der Waals surface area contributed by atoms with Gasteiger partial charge in [0.15, 0.2) is 0 Å². The van der Waals surface area contributed by atoms with Crippen molar-refractivity contribution in [2.24, 2.45) is 0 Å². The summed E-state index contributed by atoms with van der Waals surface area (Å²) in [6.07, 6.45) is 4.08. The fraction of sp³-hybridized carbons (Fsp3) is 0.444. The van der Waals surface area contributed by atoms with Gasteiger partial charge in [0.05, 0.1) is 0 Å². The van der Waals surface area contributed by atoms with E-state index in [0.29, 0.717) is 13.0 Å². The van der Waals surface area contributed by atoms with Crippen LogP contribution < -0.4 is 5.32 Å². The highest BCUT2D eigenvalue weighted by Gasteiger charge is 2.29. The number of barbiturate groups is 1. The normalized spacial score (nSPS) is 17.8. The van der Waals surface area contributed by atoms with E-state index in [-0.39, 0.29) is 6.42 Å². The van der Waals surface area contributed by atoms with Gasteiger partial charge in [0.1, 0.15) is 6.42 Å². The first-order valence-electron chi connectivity index (χ1n) is 4.40. The Bertz CT molecular complexity index is 276. The number of urea groups is 1. The van der Waals surface area contributed by atoms with Gasteiger partial charge in [-0.1, -0.05) is 12.2 Å². The molecule has 5 nitrogen and oxygen atoms in total. The van der Waals surface area contributed by atoms with Crippen LogP contribution in [0.25, 0.3) is 0 Å². The number of amides is 4. The number of hydrogen-bond acceptors (Lipinski definition) is 3. The van der Waals surface area contributed by atoms with Crippen LogP contribution in [-0.4, -0.2) is 29.3 Å². The lowest BCUT2D eigenvalue weighted by atomic mass is 10.2. The van der Waals surface area contributed by atoms with E-state index in [9.17, 15) is 14.4 Å². The lowest BCUT2D eigenvalue weighted by molar-refractivity contribution is -0.136. The van der Waals surface area contributed by atoms with Gasteiger partial charge in [0, 0.05) is 6.54 Å². The van der Waals surface area contributed by atoms with Crippen molar-refractivity contribution in [3.63, 3.8) is 0 Å². The summed E-state index contributed by atoms with van der Waals surface area (Å²) in [5.74, 6) is -0.953. The third-order valence-corrected chi connectivity index (χ3v) is 1.86. The smallest absolute Gasteiger partial charge is 0.277 e. The Hall–Kier alpha value is -1.65. The van der Waals surface area contributed by atoms with E-state index in [1.807, 2.05) is 19.1 Å². The predicted molar refractivity (Wildman–Crippen MR) is 49.3 cm³/mol. The van der Waals surface area contributed by atoms with E-state index in [2.05, 4.69) is 5.32 Å². The van der Waals surface area contributed by atoms with Crippen LogP contribution in [-0.2, 0) is 9.59 Å². The second-order valence-corrected chi connectivity index (χ2v) is 2.93. The zero-order valence-corrected chi connectivity index (χ0v) is 7.95. The minimum atomic E-state index is -0.615. The average Bonchev–Trinajstić information content (AvgIpc) is 2.09. The summed E-state index contributed by atoms with van der Waals surface area (Å²) in [5.41, 5.74) is 0. The molecule has 1 heterocycles. The Morgan fingerprint density at radius 1 is 1.43 bits per heavy atom. The van der Waals surface area contributed by atoms with Gasteiger partial charge in [-0.25, -0.2) is 4.79 Å². The van der Waals surface area contributed by atoms with E-state index in [1.165, 1.54) is 0 Å². The largest absolute Gasteiger partial charge is 0.330 e. The maximum absolute atomic E-state index is 11.2. The molecular formula is C9H12N2O3. The molecule has 0 saturated carbocycles. The van der Waals surface area contributed by atoms with Gasteiger partial charge in [0.25, 0.3) is 0 Å². The van der Waals surface area contributed by atoms with Crippen molar-refractivity contribution >= 4 is 17.8 Å². The minimum absolute atomic E-state index is 0.235. The lowest BCUT2D eigenvalue weighted by Gasteiger charge is -2.23. The van der Waals surface area contributed by atoms with Crippen LogP contribution in [0.5, 0.6) is 0 Å². The molecule has 1 aliphatic heterocycles. The van der Waals surface area contributed by atoms with Crippen LogP contribution in [0.3, 0.4) is 0 Å². The first-order valence-corrected chi connectivity index (χ1v) is 4.40. The Labute approximate surface area is 81.8 Å². The number of nitrogens with one attached hydrogen (secondary N) is 1. The molecule has 1 aliphatic rings. The summed E-state index contributed by atoms with van der Waals surface area (Å²) in [6, 6.07) is -0.615. The van der Waals surface area contributed by atoms with Crippen molar-refractivity contribution < 1.29 is 14.4 Å². The molecule has 0 aromatic rings. The highest BCUT2D eigenvalue weighted by Crippen LogP contribution is 2.03. The first-order chi connectivity index (χ1) is 6.65. The van der Waals surface area contributed by atoms with Crippen LogP contribution in [0.2, 0.25) is 0 Å². The molecule has 0 aromatic carbocycles. The maximum Gasteiger partial charge on any atom is 0.330 e. The van der Waals surface area contributed by atoms with Crippen LogP contribution in [0.1, 0.15) is 19.8 Å². The van der Waals surface area contributed by atoms with Crippen molar-refractivity contribution in [2.75, 3.05) is 6.54 Å². The number of carbonyl (C=O) groups excluding carboxylic acids is 3. The predicted octanol–water partition coefficient (Wildman–Crippen LogP) is 0.421. The second kappa shape index (κ2) is 4.55. The molecule has 0 radical (unpaired) electrons. The highest BCUT2D eigenvalue weighted by molar-refractivity contribution is 6.14. The highest BCUT2D eigenvalue weighted by atomic mass is 16.2. The molecule has 0 aromatic heterocycles. The minimum Gasteiger partial charge on any atom is -0.277 e. The van der Waals surface area contributed by atoms with Crippen molar-refractivity contribution in [3.8, 4) is 0 Å². The molecule has 76 valence electrons. The van der Waals surface area contributed by atoms with E-state index in [0.717, 1.165) is 4.90 Å². The fourth-order valence-electron chi connectivity index (χ4n) is 1.17. The van der Waals surface area contributed by atoms with Crippen molar-refractivity contribution in [2.45, 2.75) is 19.8 Å². The Morgan fingerprint density at radius 3 is 2.71 bits per heavy atom. The van der Waals surface area contributed by atoms with Gasteiger partial charge < -0.3 is 0 Å². The molecular weight excluding hydrogens is 184 g/mol. The van der Waals surface area contributed by atoms with Gasteiger partial charge >= 0.3 is 6.03 Å². The van der Waals surface area contributed by atoms with E-state index in [1.54, 1.807) is 0 Å². The Morgan fingerprint density at radius 2 is 2.14 bits per heavy atom. The number of hydrogen-bond donors (Lipinski definition) is 1. The van der Waals surface area contributed by atoms with Crippen LogP contribution in [0.15, 0.2) is 12.2 Å². The monoisotopic (exact) mass is 196 g/mol. The SMILES string of the molecule is C/C=C/CCN1C(=O)CC(=O)NC1=O. The number of imide groups is 2. The molecule has 14 heavy (non-hydrogen) atoms. The van der Waals surface area contributed by atoms with Crippen LogP contribution in [0.4, 0.5) is 4.79 Å². The summed E-state index contributed by atoms with van der Waals surface area (Å²) >= 11 is 0. The van der Waals surface area contributed by atoms with Gasteiger partial charge in [0.2, 0.25) is 11.8 Å². The zero-order chi connectivity index (χ0) is 10.6. The maximum atomic E-state index is 11.2. The summed E-state index contributed by atoms with van der Waals surface area (Å²) in [6.45, 7) is 2.18. The van der Waals surface area contributed by atoms with Crippen LogP contribution in [0, 0.1) is 0 Å². The molecule has 1 fully saturated rings. The molecule has 0 spiro atoms.